The number of carbonyl (C=O) groups excluding carboxylic acids is 4. The molecule has 57 heavy (non-hydrogen) atoms. The van der Waals surface area contributed by atoms with Crippen LogP contribution >= 0.6 is 0 Å². The van der Waals surface area contributed by atoms with Crippen LogP contribution in [0.4, 0.5) is 0 Å². The molecule has 0 aromatic carbocycles. The van der Waals surface area contributed by atoms with Gasteiger partial charge in [-0.2, -0.15) is 0 Å². The van der Waals surface area contributed by atoms with Gasteiger partial charge in [-0.15, -0.1) is 0 Å². The fraction of sp³-hybridized carbons (Fsp3) is 0.913. The fourth-order valence-corrected chi connectivity index (χ4v) is 5.55. The summed E-state index contributed by atoms with van der Waals surface area (Å²) >= 11 is 0. The lowest BCUT2D eigenvalue weighted by Gasteiger charge is -2.36. The van der Waals surface area contributed by atoms with Crippen LogP contribution < -0.4 is 21.3 Å². The number of rotatable bonds is 17. The highest BCUT2D eigenvalue weighted by molar-refractivity contribution is 5.86. The largest absolute Gasteiger partial charge is 0.356 e. The molecule has 0 aromatic rings. The summed E-state index contributed by atoms with van der Waals surface area (Å²) in [5.74, 6) is 0.570. The zero-order valence-corrected chi connectivity index (χ0v) is 31.2. The van der Waals surface area contributed by atoms with E-state index in [1.807, 2.05) is 34.9 Å². The lowest BCUT2D eigenvalue weighted by atomic mass is 9.70. The zero-order chi connectivity index (χ0) is 34.4. The zero-order valence-electron chi connectivity index (χ0n) is 31.2. The molecule has 357 valence electrons. The van der Waals surface area contributed by atoms with Crippen LogP contribution in [0.15, 0.2) is 0 Å². The lowest BCUT2D eigenvalue weighted by Crippen LogP contribution is -2.47. The van der Waals surface area contributed by atoms with Gasteiger partial charge in [-0.25, -0.2) is 0 Å². The molecule has 0 saturated carbocycles. The van der Waals surface area contributed by atoms with Crippen molar-refractivity contribution in [3.8, 4) is 0 Å². The number of quaternary nitrogens is 1. The Hall–Kier alpha value is -2.14. The van der Waals surface area contributed by atoms with Gasteiger partial charge in [0.05, 0.1) is 27.7 Å². The van der Waals surface area contributed by atoms with Gasteiger partial charge in [0.2, 0.25) is 23.6 Å². The molecule has 4 amide bonds. The Morgan fingerprint density at radius 3 is 1.56 bits per heavy atom. The van der Waals surface area contributed by atoms with E-state index >= 15 is 0 Å². The van der Waals surface area contributed by atoms with Crippen LogP contribution in [0.1, 0.15) is 201 Å². The van der Waals surface area contributed by atoms with Gasteiger partial charge in [0.1, 0.15) is 0 Å². The van der Waals surface area contributed by atoms with E-state index in [1.54, 1.807) is 0 Å². The summed E-state index contributed by atoms with van der Waals surface area (Å²) in [4.78, 5) is 49.0. The van der Waals surface area contributed by atoms with Crippen molar-refractivity contribution in [1.29, 1.82) is 0 Å². The molecule has 10 nitrogen and oxygen atoms in total. The molecule has 11 heteroatoms. The van der Waals surface area contributed by atoms with Crippen molar-refractivity contribution < 1.29 is 25.1 Å². The van der Waals surface area contributed by atoms with Gasteiger partial charge >= 0.3 is 0 Å². The van der Waals surface area contributed by atoms with Crippen molar-refractivity contribution in [3.05, 3.63) is 0 Å². The summed E-state index contributed by atoms with van der Waals surface area (Å²) in [5, 5.41) is 11.7. The van der Waals surface area contributed by atoms with E-state index in [1.165, 1.54) is 19.3 Å². The first-order valence-corrected chi connectivity index (χ1v) is 17.6. The van der Waals surface area contributed by atoms with Crippen molar-refractivity contribution in [2.24, 2.45) is 10.8 Å². The molecule has 1 atom stereocenters. The van der Waals surface area contributed by atoms with E-state index in [-0.39, 0.29) is 115 Å². The van der Waals surface area contributed by atoms with Gasteiger partial charge in [0, 0.05) is 66.1 Å². The summed E-state index contributed by atoms with van der Waals surface area (Å²) in [6.07, 6.45) is 13.7. The molecule has 2 fully saturated rings. The topological polar surface area (TPSA) is 120 Å². The van der Waals surface area contributed by atoms with E-state index in [4.69, 9.17) is 0 Å². The standard InChI is InChI=1S/C25H52N4O2.C6H11NO.C4H7NO.11CH4.B.H2/c1-10-11-12-13-16-25(4,23(31)27-17-14-19-28(5)6)21-24(2,3)22(30)26-18-15-20-29(7,8)9;8-6-4-2-1-3-5-7-6;6-4-2-1-3-5-4;;;;;;;;;;;;;/h10-21H2,1-9H3,(H-,26,27,30,31);1-5H2,(H,7,8);1-3H2,(H,5,6);11*1H4;;1H/p+1/i;;;;;;;;;;;;;;;1+1. The average Bonchev–Trinajstić information content (AvgIpc) is 3.31. The highest BCUT2D eigenvalue weighted by Gasteiger charge is 2.41. The van der Waals surface area contributed by atoms with Crippen LogP contribution in [0.5, 0.6) is 0 Å². The van der Waals surface area contributed by atoms with Crippen molar-refractivity contribution in [2.45, 2.75) is 199 Å². The maximum absolute atomic E-state index is 13.2. The molecule has 2 saturated heterocycles. The first-order chi connectivity index (χ1) is 21.0. The summed E-state index contributed by atoms with van der Waals surface area (Å²) in [6.45, 7) is 13.3. The van der Waals surface area contributed by atoms with E-state index in [2.05, 4.69) is 54.2 Å². The van der Waals surface area contributed by atoms with Crippen LogP contribution in [-0.4, -0.2) is 116 Å². The van der Waals surface area contributed by atoms with E-state index in [9.17, 15) is 19.2 Å². The number of hydrogen-bond acceptors (Lipinski definition) is 5. The van der Waals surface area contributed by atoms with Crippen LogP contribution in [-0.2, 0) is 19.2 Å². The molecule has 0 bridgehead atoms. The predicted molar refractivity (Wildman–Crippen MR) is 268 cm³/mol. The summed E-state index contributed by atoms with van der Waals surface area (Å²) in [6, 6.07) is 0. The van der Waals surface area contributed by atoms with Crippen molar-refractivity contribution in [3.63, 3.8) is 0 Å². The third-order valence-electron chi connectivity index (χ3n) is 8.24. The van der Waals surface area contributed by atoms with Gasteiger partial charge in [0.25, 0.3) is 0 Å². The maximum Gasteiger partial charge on any atom is 0.225 e. The minimum Gasteiger partial charge on any atom is -0.356 e. The normalized spacial score (nSPS) is 13.1. The second kappa shape index (κ2) is 50.0. The number of hydrogen-bond donors (Lipinski definition) is 4. The Kier molecular flexibility index (Phi) is 79.7. The number of amides is 4. The van der Waals surface area contributed by atoms with Gasteiger partial charge < -0.3 is 30.7 Å². The SMILES string of the molecule is C.C.C.C.C.C.C.C.C.C.C.CCCCCCC(C)(CC(C)(C)C(=O)NCCC[N+](C)(C)C)C(=O)NCCCN(C)C.O=C1CCCCCN1.O=C1CCCN1.[2HH].[B]. The van der Waals surface area contributed by atoms with Crippen LogP contribution in [0.2, 0.25) is 0 Å². The van der Waals surface area contributed by atoms with Crippen molar-refractivity contribution >= 4 is 32.0 Å². The number of unbranched alkanes of at least 4 members (excludes halogenated alkanes) is 3. The molecule has 4 N–H and O–H groups in total. The molecule has 1 unspecified atom stereocenters. The number of nitrogens with one attached hydrogen (secondary N) is 4. The molecule has 3 radical (unpaired) electrons. The molecule has 2 aliphatic rings. The molecule has 2 rings (SSSR count). The molecule has 0 aliphatic carbocycles. The molecule has 2 heterocycles. The highest BCUT2D eigenvalue weighted by Crippen LogP contribution is 2.38. The molecular formula is C46H117BN6O4+. The van der Waals surface area contributed by atoms with Crippen molar-refractivity contribution in [2.75, 3.05) is 74.5 Å². The van der Waals surface area contributed by atoms with E-state index < -0.39 is 10.8 Å². The summed E-state index contributed by atoms with van der Waals surface area (Å²) in [7, 11) is 10.6. The minimum absolute atomic E-state index is 0. The van der Waals surface area contributed by atoms with Crippen LogP contribution in [0.3, 0.4) is 0 Å². The molecule has 0 spiro atoms. The molecule has 2 aliphatic heterocycles. The summed E-state index contributed by atoms with van der Waals surface area (Å²) in [5.41, 5.74) is -1.12. The fourth-order valence-electron chi connectivity index (χ4n) is 5.55. The van der Waals surface area contributed by atoms with Gasteiger partial charge in [-0.05, 0) is 59.2 Å². The Labute approximate surface area is 367 Å². The smallest absolute Gasteiger partial charge is 0.225 e. The van der Waals surface area contributed by atoms with E-state index in [0.29, 0.717) is 19.5 Å². The quantitative estimate of drug-likeness (QED) is 0.0661. The monoisotopic (exact) mass is 830 g/mol. The van der Waals surface area contributed by atoms with E-state index in [0.717, 1.165) is 94.9 Å². The summed E-state index contributed by atoms with van der Waals surface area (Å²) < 4.78 is 0.892. The average molecular weight is 830 g/mol. The van der Waals surface area contributed by atoms with Gasteiger partial charge in [-0.3, -0.25) is 19.2 Å². The van der Waals surface area contributed by atoms with Crippen LogP contribution in [0, 0.1) is 10.8 Å². The Balaban J connectivity index is -0.0000000508. The van der Waals surface area contributed by atoms with Crippen molar-refractivity contribution in [1.82, 2.24) is 26.2 Å². The Morgan fingerprint density at radius 2 is 1.12 bits per heavy atom. The van der Waals surface area contributed by atoms with Gasteiger partial charge in [0.15, 0.2) is 0 Å². The first-order valence-electron chi connectivity index (χ1n) is 17.6. The Morgan fingerprint density at radius 1 is 0.667 bits per heavy atom. The maximum atomic E-state index is 13.2. The highest BCUT2D eigenvalue weighted by atomic mass is 16.2. The third kappa shape index (κ3) is 49.9. The minimum atomic E-state index is -0.586. The first kappa shape index (κ1) is 90.8. The number of carbonyl (C=O) groups is 4. The number of nitrogens with zero attached hydrogens (tertiary/aromatic N) is 2. The molecular weight excluding hydrogens is 711 g/mol. The third-order valence-corrected chi connectivity index (χ3v) is 8.24. The van der Waals surface area contributed by atoms with Gasteiger partial charge in [-0.1, -0.05) is 141 Å². The van der Waals surface area contributed by atoms with Crippen LogP contribution in [0.25, 0.3) is 0 Å². The second-order valence-corrected chi connectivity index (χ2v) is 15.1. The predicted octanol–water partition coefficient (Wildman–Crippen LogP) is 11.1. The molecule has 0 aromatic heterocycles. The lowest BCUT2D eigenvalue weighted by molar-refractivity contribution is -0.870. The Bertz CT molecular complexity index is 856. The second-order valence-electron chi connectivity index (χ2n) is 15.1.